The first-order chi connectivity index (χ1) is 8.49. The lowest BCUT2D eigenvalue weighted by Crippen LogP contribution is -2.46. The van der Waals surface area contributed by atoms with E-state index in [0.29, 0.717) is 6.42 Å². The van der Waals surface area contributed by atoms with Gasteiger partial charge in [0.15, 0.2) is 0 Å². The summed E-state index contributed by atoms with van der Waals surface area (Å²) in [6, 6.07) is 7.52. The van der Waals surface area contributed by atoms with Crippen molar-refractivity contribution in [3.05, 3.63) is 42.2 Å². The Kier molecular flexibility index (Phi) is 6.72. The maximum atomic E-state index is 10.9. The van der Waals surface area contributed by atoms with Crippen LogP contribution in [-0.4, -0.2) is 26.6 Å². The van der Waals surface area contributed by atoms with Crippen molar-refractivity contribution in [3.8, 4) is 11.4 Å². The molecule has 0 unspecified atom stereocenters. The number of nitrogens with zero attached hydrogens (tertiary/aromatic N) is 1. The number of aromatic nitrogens is 2. The highest BCUT2D eigenvalue weighted by Gasteiger charge is 2.27. The van der Waals surface area contributed by atoms with Gasteiger partial charge in [-0.25, -0.2) is 4.98 Å². The minimum atomic E-state index is -1.24. The van der Waals surface area contributed by atoms with E-state index < -0.39 is 11.5 Å². The van der Waals surface area contributed by atoms with E-state index in [1.165, 1.54) is 6.92 Å². The summed E-state index contributed by atoms with van der Waals surface area (Å²) in [5, 5.41) is 8.97. The van der Waals surface area contributed by atoms with E-state index in [1.807, 2.05) is 24.3 Å². The number of benzene rings is 1. The number of nitrogens with two attached hydrogens (primary N) is 1. The van der Waals surface area contributed by atoms with Gasteiger partial charge in [0.05, 0.1) is 0 Å². The molecule has 0 aliphatic heterocycles. The van der Waals surface area contributed by atoms with Crippen molar-refractivity contribution in [2.45, 2.75) is 18.9 Å². The Hall–Kier alpha value is -1.56. The van der Waals surface area contributed by atoms with Crippen LogP contribution in [0.2, 0.25) is 0 Å². The SMILES string of the molecule is C[C@](N)(Cc1ccc(-c2ncc[nH]2)cc1)C(=O)O.Cl.Cl. The number of imidazole rings is 1. The molecule has 2 rings (SSSR count). The zero-order chi connectivity index (χ0) is 13.2. The van der Waals surface area contributed by atoms with Gasteiger partial charge in [0, 0.05) is 24.4 Å². The molecule has 7 heteroatoms. The monoisotopic (exact) mass is 317 g/mol. The molecule has 0 bridgehead atoms. The lowest BCUT2D eigenvalue weighted by Gasteiger charge is -2.19. The number of hydrogen-bond donors (Lipinski definition) is 3. The first-order valence-electron chi connectivity index (χ1n) is 5.60. The molecule has 1 heterocycles. The van der Waals surface area contributed by atoms with Crippen LogP contribution in [-0.2, 0) is 11.2 Å². The standard InChI is InChI=1S/C13H15N3O2.2ClH/c1-13(14,12(17)18)8-9-2-4-10(5-3-9)11-15-6-7-16-11;;/h2-7H,8,14H2,1H3,(H,15,16)(H,17,18);2*1H/t13-;;/m0../s1. The Morgan fingerprint density at radius 3 is 2.40 bits per heavy atom. The summed E-state index contributed by atoms with van der Waals surface area (Å²) >= 11 is 0. The molecule has 2 aromatic rings. The molecule has 0 spiro atoms. The maximum absolute atomic E-state index is 10.9. The van der Waals surface area contributed by atoms with Crippen molar-refractivity contribution in [2.75, 3.05) is 0 Å². The first kappa shape index (κ1) is 18.4. The average Bonchev–Trinajstić information content (AvgIpc) is 2.83. The van der Waals surface area contributed by atoms with E-state index in [1.54, 1.807) is 12.4 Å². The number of carbonyl (C=O) groups is 1. The van der Waals surface area contributed by atoms with E-state index in [2.05, 4.69) is 9.97 Å². The maximum Gasteiger partial charge on any atom is 0.323 e. The van der Waals surface area contributed by atoms with Crippen LogP contribution in [0.4, 0.5) is 0 Å². The first-order valence-corrected chi connectivity index (χ1v) is 5.60. The topological polar surface area (TPSA) is 92.0 Å². The lowest BCUT2D eigenvalue weighted by molar-refractivity contribution is -0.142. The Morgan fingerprint density at radius 1 is 1.35 bits per heavy atom. The van der Waals surface area contributed by atoms with Crippen molar-refractivity contribution in [3.63, 3.8) is 0 Å². The van der Waals surface area contributed by atoms with Gasteiger partial charge in [0.1, 0.15) is 11.4 Å². The molecular weight excluding hydrogens is 301 g/mol. The number of carboxylic acids is 1. The van der Waals surface area contributed by atoms with Gasteiger partial charge in [-0.2, -0.15) is 0 Å². The summed E-state index contributed by atoms with van der Waals surface area (Å²) in [5.74, 6) is -0.215. The number of halogens is 2. The summed E-state index contributed by atoms with van der Waals surface area (Å²) in [4.78, 5) is 18.1. The number of H-pyrrole nitrogens is 1. The summed E-state index contributed by atoms with van der Waals surface area (Å²) in [7, 11) is 0. The van der Waals surface area contributed by atoms with Crippen LogP contribution < -0.4 is 5.73 Å². The summed E-state index contributed by atoms with van der Waals surface area (Å²) in [6.45, 7) is 1.51. The lowest BCUT2D eigenvalue weighted by atomic mass is 9.93. The Morgan fingerprint density at radius 2 is 1.95 bits per heavy atom. The van der Waals surface area contributed by atoms with Gasteiger partial charge in [0.25, 0.3) is 0 Å². The molecule has 110 valence electrons. The summed E-state index contributed by atoms with van der Waals surface area (Å²) in [5.41, 5.74) is 6.31. The average molecular weight is 318 g/mol. The van der Waals surface area contributed by atoms with Gasteiger partial charge in [0.2, 0.25) is 0 Å². The highest BCUT2D eigenvalue weighted by molar-refractivity contribution is 5.85. The number of aromatic amines is 1. The molecule has 0 saturated heterocycles. The second-order valence-corrected chi connectivity index (χ2v) is 4.53. The predicted octanol–water partition coefficient (Wildman–Crippen LogP) is 2.26. The fourth-order valence-corrected chi connectivity index (χ4v) is 1.70. The zero-order valence-corrected chi connectivity index (χ0v) is 12.5. The number of aliphatic carboxylic acids is 1. The van der Waals surface area contributed by atoms with Gasteiger partial charge < -0.3 is 15.8 Å². The normalized spacial score (nSPS) is 12.7. The predicted molar refractivity (Wildman–Crippen MR) is 82.5 cm³/mol. The second kappa shape index (κ2) is 7.28. The molecule has 0 radical (unpaired) electrons. The van der Waals surface area contributed by atoms with Crippen LogP contribution in [0.25, 0.3) is 11.4 Å². The molecule has 0 saturated carbocycles. The molecule has 0 fully saturated rings. The molecule has 20 heavy (non-hydrogen) atoms. The fraction of sp³-hybridized carbons (Fsp3) is 0.231. The smallest absolute Gasteiger partial charge is 0.323 e. The summed E-state index contributed by atoms with van der Waals surface area (Å²) < 4.78 is 0. The third-order valence-corrected chi connectivity index (χ3v) is 2.79. The van der Waals surface area contributed by atoms with E-state index in [0.717, 1.165) is 17.0 Å². The Bertz CT molecular complexity index is 539. The molecule has 0 aliphatic carbocycles. The molecule has 1 aromatic carbocycles. The van der Waals surface area contributed by atoms with Crippen molar-refractivity contribution < 1.29 is 9.90 Å². The third kappa shape index (κ3) is 4.23. The molecule has 1 atom stereocenters. The van der Waals surface area contributed by atoms with Crippen LogP contribution in [0.15, 0.2) is 36.7 Å². The zero-order valence-electron chi connectivity index (χ0n) is 10.9. The third-order valence-electron chi connectivity index (χ3n) is 2.79. The highest BCUT2D eigenvalue weighted by Crippen LogP contribution is 2.17. The fourth-order valence-electron chi connectivity index (χ4n) is 1.70. The minimum absolute atomic E-state index is 0. The quantitative estimate of drug-likeness (QED) is 0.806. The van der Waals surface area contributed by atoms with Crippen LogP contribution >= 0.6 is 24.8 Å². The highest BCUT2D eigenvalue weighted by atomic mass is 35.5. The molecule has 0 aliphatic rings. The number of rotatable bonds is 4. The van der Waals surface area contributed by atoms with Crippen molar-refractivity contribution in [1.29, 1.82) is 0 Å². The molecule has 0 amide bonds. The van der Waals surface area contributed by atoms with Crippen molar-refractivity contribution in [2.24, 2.45) is 5.73 Å². The van der Waals surface area contributed by atoms with Gasteiger partial charge >= 0.3 is 5.97 Å². The molecule has 1 aromatic heterocycles. The number of carboxylic acid groups (broad SMARTS) is 1. The largest absolute Gasteiger partial charge is 0.480 e. The van der Waals surface area contributed by atoms with E-state index in [-0.39, 0.29) is 24.8 Å². The van der Waals surface area contributed by atoms with Crippen molar-refractivity contribution >= 4 is 30.8 Å². The van der Waals surface area contributed by atoms with Gasteiger partial charge in [-0.1, -0.05) is 24.3 Å². The Labute approximate surface area is 129 Å². The van der Waals surface area contributed by atoms with Crippen LogP contribution in [0.3, 0.4) is 0 Å². The van der Waals surface area contributed by atoms with Crippen LogP contribution in [0.5, 0.6) is 0 Å². The van der Waals surface area contributed by atoms with Gasteiger partial charge in [-0.05, 0) is 12.5 Å². The number of nitrogens with one attached hydrogen (secondary N) is 1. The van der Waals surface area contributed by atoms with Crippen molar-refractivity contribution in [1.82, 2.24) is 9.97 Å². The van der Waals surface area contributed by atoms with E-state index >= 15 is 0 Å². The molecule has 5 nitrogen and oxygen atoms in total. The number of hydrogen-bond acceptors (Lipinski definition) is 3. The second-order valence-electron chi connectivity index (χ2n) is 4.53. The van der Waals surface area contributed by atoms with E-state index in [4.69, 9.17) is 10.8 Å². The molecular formula is C13H17Cl2N3O2. The van der Waals surface area contributed by atoms with E-state index in [9.17, 15) is 4.79 Å². The minimum Gasteiger partial charge on any atom is -0.480 e. The van der Waals surface area contributed by atoms with Gasteiger partial charge in [-0.3, -0.25) is 4.79 Å². The van der Waals surface area contributed by atoms with Gasteiger partial charge in [-0.15, -0.1) is 24.8 Å². The van der Waals surface area contributed by atoms with Crippen LogP contribution in [0, 0.1) is 0 Å². The Balaban J connectivity index is 0.00000180. The molecule has 4 N–H and O–H groups in total. The van der Waals surface area contributed by atoms with Crippen LogP contribution in [0.1, 0.15) is 12.5 Å². The summed E-state index contributed by atoms with van der Waals surface area (Å²) in [6.07, 6.45) is 3.73.